The molecule has 0 aliphatic heterocycles. The summed E-state index contributed by atoms with van der Waals surface area (Å²) >= 11 is 3.82. The smallest absolute Gasteiger partial charge is 0.0704 e. The molecule has 2 aliphatic carbocycles. The quantitative estimate of drug-likeness (QED) is 0.580. The van der Waals surface area contributed by atoms with Crippen LogP contribution in [0.15, 0.2) is 0 Å². The summed E-state index contributed by atoms with van der Waals surface area (Å²) in [5.74, 6) is 0. The summed E-state index contributed by atoms with van der Waals surface area (Å²) in [7, 11) is 1.73. The van der Waals surface area contributed by atoms with E-state index in [0.29, 0.717) is 16.3 Å². The Bertz CT molecular complexity index is 202. The maximum absolute atomic E-state index is 5.93. The number of alkyl halides is 1. The molecule has 0 amide bonds. The summed E-state index contributed by atoms with van der Waals surface area (Å²) in [5.41, 5.74) is 0.464. The van der Waals surface area contributed by atoms with Crippen LogP contribution in [-0.4, -0.2) is 31.3 Å². The van der Waals surface area contributed by atoms with Crippen molar-refractivity contribution in [3.8, 4) is 0 Å². The van der Waals surface area contributed by atoms with Crippen LogP contribution in [0.25, 0.3) is 0 Å². The SMILES string of the molecule is COCCOC1CC(Br)C12CCCCC2. The molecule has 1 spiro atoms. The lowest BCUT2D eigenvalue weighted by Gasteiger charge is -2.55. The van der Waals surface area contributed by atoms with E-state index in [0.717, 1.165) is 13.2 Å². The van der Waals surface area contributed by atoms with E-state index in [1.807, 2.05) is 0 Å². The van der Waals surface area contributed by atoms with Gasteiger partial charge in [0.25, 0.3) is 0 Å². The fraction of sp³-hybridized carbons (Fsp3) is 1.00. The standard InChI is InChI=1S/C12H21BrO2/c1-14-7-8-15-11-9-10(13)12(11)5-3-2-4-6-12/h10-11H,2-9H2,1H3. The molecule has 0 radical (unpaired) electrons. The zero-order valence-electron chi connectivity index (χ0n) is 9.51. The van der Waals surface area contributed by atoms with Crippen LogP contribution in [0, 0.1) is 5.41 Å². The average molecular weight is 277 g/mol. The van der Waals surface area contributed by atoms with Crippen LogP contribution in [0.3, 0.4) is 0 Å². The minimum Gasteiger partial charge on any atom is -0.382 e. The number of rotatable bonds is 4. The predicted molar refractivity (Wildman–Crippen MR) is 64.5 cm³/mol. The van der Waals surface area contributed by atoms with Gasteiger partial charge in [-0.15, -0.1) is 0 Å². The molecular weight excluding hydrogens is 256 g/mol. The minimum atomic E-state index is 0.464. The van der Waals surface area contributed by atoms with Crippen molar-refractivity contribution in [2.45, 2.75) is 49.5 Å². The highest BCUT2D eigenvalue weighted by Crippen LogP contribution is 2.56. The maximum atomic E-state index is 5.93. The van der Waals surface area contributed by atoms with Crippen LogP contribution in [0.4, 0.5) is 0 Å². The molecule has 0 N–H and O–H groups in total. The Morgan fingerprint density at radius 3 is 2.53 bits per heavy atom. The van der Waals surface area contributed by atoms with E-state index in [2.05, 4.69) is 15.9 Å². The number of methoxy groups -OCH3 is 1. The van der Waals surface area contributed by atoms with Gasteiger partial charge in [-0.3, -0.25) is 0 Å². The third kappa shape index (κ3) is 2.25. The fourth-order valence-electron chi connectivity index (χ4n) is 3.05. The van der Waals surface area contributed by atoms with E-state index >= 15 is 0 Å². The number of hydrogen-bond donors (Lipinski definition) is 0. The molecule has 0 bridgehead atoms. The lowest BCUT2D eigenvalue weighted by atomic mass is 9.58. The van der Waals surface area contributed by atoms with Gasteiger partial charge in [-0.1, -0.05) is 35.2 Å². The van der Waals surface area contributed by atoms with Crippen LogP contribution >= 0.6 is 15.9 Å². The summed E-state index contributed by atoms with van der Waals surface area (Å²) in [6.07, 6.45) is 8.53. The molecule has 0 aromatic heterocycles. The minimum absolute atomic E-state index is 0.464. The highest BCUT2D eigenvalue weighted by Gasteiger charge is 2.54. The van der Waals surface area contributed by atoms with Crippen molar-refractivity contribution in [3.63, 3.8) is 0 Å². The second-order valence-corrected chi connectivity index (χ2v) is 5.95. The van der Waals surface area contributed by atoms with Gasteiger partial charge in [0, 0.05) is 17.4 Å². The monoisotopic (exact) mass is 276 g/mol. The summed E-state index contributed by atoms with van der Waals surface area (Å²) in [6.45, 7) is 1.47. The largest absolute Gasteiger partial charge is 0.382 e. The van der Waals surface area contributed by atoms with Gasteiger partial charge in [0.2, 0.25) is 0 Å². The predicted octanol–water partition coefficient (Wildman–Crippen LogP) is 3.14. The molecule has 0 saturated heterocycles. The van der Waals surface area contributed by atoms with Crippen LogP contribution in [-0.2, 0) is 9.47 Å². The van der Waals surface area contributed by atoms with Gasteiger partial charge in [-0.25, -0.2) is 0 Å². The number of ether oxygens (including phenoxy) is 2. The molecule has 88 valence electrons. The van der Waals surface area contributed by atoms with Gasteiger partial charge in [0.1, 0.15) is 0 Å². The second kappa shape index (κ2) is 5.15. The molecule has 2 saturated carbocycles. The Morgan fingerprint density at radius 1 is 1.20 bits per heavy atom. The fourth-order valence-corrected chi connectivity index (χ4v) is 4.14. The lowest BCUT2D eigenvalue weighted by Crippen LogP contribution is -2.56. The molecule has 0 aromatic carbocycles. The first-order valence-electron chi connectivity index (χ1n) is 6.04. The van der Waals surface area contributed by atoms with E-state index in [-0.39, 0.29) is 0 Å². The molecule has 2 nitrogen and oxygen atoms in total. The molecular formula is C12H21BrO2. The first-order valence-corrected chi connectivity index (χ1v) is 6.96. The second-order valence-electron chi connectivity index (χ2n) is 4.85. The first kappa shape index (κ1) is 11.9. The molecule has 2 atom stereocenters. The average Bonchev–Trinajstić information content (AvgIpc) is 2.29. The van der Waals surface area contributed by atoms with Crippen molar-refractivity contribution in [2.75, 3.05) is 20.3 Å². The molecule has 2 fully saturated rings. The Kier molecular flexibility index (Phi) is 4.08. The highest BCUT2D eigenvalue weighted by molar-refractivity contribution is 9.09. The normalized spacial score (nSPS) is 34.0. The highest BCUT2D eigenvalue weighted by atomic mass is 79.9. The zero-order valence-corrected chi connectivity index (χ0v) is 11.1. The van der Waals surface area contributed by atoms with Gasteiger partial charge in [0.05, 0.1) is 19.3 Å². The maximum Gasteiger partial charge on any atom is 0.0704 e. The van der Waals surface area contributed by atoms with E-state index < -0.39 is 0 Å². The molecule has 15 heavy (non-hydrogen) atoms. The third-order valence-electron chi connectivity index (χ3n) is 4.08. The number of halogens is 1. The summed E-state index contributed by atoms with van der Waals surface area (Å²) in [6, 6.07) is 0. The van der Waals surface area contributed by atoms with E-state index in [9.17, 15) is 0 Å². The third-order valence-corrected chi connectivity index (χ3v) is 5.36. The van der Waals surface area contributed by atoms with Crippen LogP contribution in [0.1, 0.15) is 38.5 Å². The van der Waals surface area contributed by atoms with E-state index in [1.165, 1.54) is 38.5 Å². The Labute approximate surface area is 101 Å². The summed E-state index contributed by atoms with van der Waals surface area (Å²) < 4.78 is 11.0. The molecule has 2 unspecified atom stereocenters. The topological polar surface area (TPSA) is 18.5 Å². The van der Waals surface area contributed by atoms with Crippen molar-refractivity contribution in [1.29, 1.82) is 0 Å². The molecule has 3 heteroatoms. The van der Waals surface area contributed by atoms with Gasteiger partial charge in [-0.2, -0.15) is 0 Å². The number of hydrogen-bond acceptors (Lipinski definition) is 2. The van der Waals surface area contributed by atoms with Crippen molar-refractivity contribution < 1.29 is 9.47 Å². The Hall–Kier alpha value is 0.400. The Morgan fingerprint density at radius 2 is 1.93 bits per heavy atom. The van der Waals surface area contributed by atoms with Gasteiger partial charge in [0.15, 0.2) is 0 Å². The van der Waals surface area contributed by atoms with Gasteiger partial charge in [-0.05, 0) is 19.3 Å². The lowest BCUT2D eigenvalue weighted by molar-refractivity contribution is -0.127. The summed E-state index contributed by atoms with van der Waals surface area (Å²) in [4.78, 5) is 0.692. The first-order chi connectivity index (χ1) is 7.29. The van der Waals surface area contributed by atoms with Crippen LogP contribution in [0.2, 0.25) is 0 Å². The van der Waals surface area contributed by atoms with Gasteiger partial charge < -0.3 is 9.47 Å². The van der Waals surface area contributed by atoms with Crippen molar-refractivity contribution in [1.82, 2.24) is 0 Å². The van der Waals surface area contributed by atoms with Gasteiger partial charge >= 0.3 is 0 Å². The van der Waals surface area contributed by atoms with Crippen LogP contribution in [0.5, 0.6) is 0 Å². The molecule has 2 rings (SSSR count). The van der Waals surface area contributed by atoms with E-state index in [1.54, 1.807) is 7.11 Å². The molecule has 0 aromatic rings. The van der Waals surface area contributed by atoms with Crippen molar-refractivity contribution >= 4 is 15.9 Å². The molecule has 0 heterocycles. The van der Waals surface area contributed by atoms with Crippen molar-refractivity contribution in [2.24, 2.45) is 5.41 Å². The van der Waals surface area contributed by atoms with E-state index in [4.69, 9.17) is 9.47 Å². The van der Waals surface area contributed by atoms with Crippen LogP contribution < -0.4 is 0 Å². The van der Waals surface area contributed by atoms with Crippen molar-refractivity contribution in [3.05, 3.63) is 0 Å². The molecule has 2 aliphatic rings. The Balaban J connectivity index is 1.84. The summed E-state index contributed by atoms with van der Waals surface area (Å²) in [5, 5.41) is 0. The zero-order chi connectivity index (χ0) is 10.7.